The van der Waals surface area contributed by atoms with Crippen molar-refractivity contribution in [3.63, 3.8) is 0 Å². The predicted octanol–water partition coefficient (Wildman–Crippen LogP) is 22.5. The third-order valence-corrected chi connectivity index (χ3v) is 15.8. The normalized spacial score (nSPS) is 19.8. The lowest BCUT2D eigenvalue weighted by molar-refractivity contribution is -0.151. The second-order valence-electron chi connectivity index (χ2n) is 24.6. The maximum atomic E-state index is 12.8. The van der Waals surface area contributed by atoms with E-state index in [0.29, 0.717) is 18.8 Å². The molecule has 0 fully saturated rings. The summed E-state index contributed by atoms with van der Waals surface area (Å²) in [6.07, 6.45) is 69.9. The van der Waals surface area contributed by atoms with Crippen LogP contribution in [0.5, 0.6) is 0 Å². The van der Waals surface area contributed by atoms with Crippen LogP contribution in [-0.2, 0) is 19.1 Å². The highest BCUT2D eigenvalue weighted by Gasteiger charge is 2.37. The summed E-state index contributed by atoms with van der Waals surface area (Å²) in [4.78, 5) is 25.6. The molecular weight excluding hydrogens is 929 g/mol. The van der Waals surface area contributed by atoms with Gasteiger partial charge in [0.1, 0.15) is 12.2 Å². The van der Waals surface area contributed by atoms with Gasteiger partial charge in [0.25, 0.3) is 0 Å². The topological polar surface area (TPSA) is 52.6 Å². The number of hydrogen-bond donors (Lipinski definition) is 0. The van der Waals surface area contributed by atoms with Gasteiger partial charge in [-0.3, -0.25) is 9.59 Å². The van der Waals surface area contributed by atoms with E-state index >= 15 is 0 Å². The van der Waals surface area contributed by atoms with Crippen molar-refractivity contribution in [3.05, 3.63) is 130 Å². The van der Waals surface area contributed by atoms with Crippen molar-refractivity contribution in [1.82, 2.24) is 0 Å². The molecule has 0 saturated carbocycles. The number of allylic oxidation sites excluding steroid dienone is 20. The number of hydrogen-bond acceptors (Lipinski definition) is 4. The van der Waals surface area contributed by atoms with Crippen LogP contribution in [0.25, 0.3) is 0 Å². The van der Waals surface area contributed by atoms with Gasteiger partial charge in [-0.2, -0.15) is 0 Å². The van der Waals surface area contributed by atoms with Gasteiger partial charge in [0.15, 0.2) is 0 Å². The Balaban J connectivity index is 1.73. The van der Waals surface area contributed by atoms with Crippen molar-refractivity contribution in [3.8, 4) is 0 Å². The molecule has 76 heavy (non-hydrogen) atoms. The average molecular weight is 1050 g/mol. The second kappa shape index (κ2) is 41.2. The fourth-order valence-electron chi connectivity index (χ4n) is 11.3. The van der Waals surface area contributed by atoms with Crippen molar-refractivity contribution < 1.29 is 19.1 Å². The molecule has 0 N–H and O–H groups in total. The third kappa shape index (κ3) is 32.7. The molecular formula is C72H116O4. The predicted molar refractivity (Wildman–Crippen MR) is 332 cm³/mol. The molecule has 0 radical (unpaired) electrons. The van der Waals surface area contributed by atoms with E-state index in [4.69, 9.17) is 9.47 Å². The van der Waals surface area contributed by atoms with Gasteiger partial charge >= 0.3 is 11.9 Å². The van der Waals surface area contributed by atoms with Gasteiger partial charge in [-0.05, 0) is 89.7 Å². The fourth-order valence-corrected chi connectivity index (χ4v) is 11.3. The first-order chi connectivity index (χ1) is 36.5. The Labute approximate surface area is 470 Å². The Morgan fingerprint density at radius 3 is 1.30 bits per heavy atom. The van der Waals surface area contributed by atoms with Crippen molar-refractivity contribution in [2.75, 3.05) is 0 Å². The first kappa shape index (κ1) is 68.2. The van der Waals surface area contributed by atoms with Gasteiger partial charge < -0.3 is 9.47 Å². The Morgan fingerprint density at radius 2 is 0.882 bits per heavy atom. The van der Waals surface area contributed by atoms with Crippen LogP contribution in [0.4, 0.5) is 0 Å². The standard InChI is InChI=1S/C72H116O4/c1-13-15-17-19-21-23-25-27-29-31-33-35-37-49-69(73)75-65-55-63(7)67(71(9,10)57-65)53-51-61(5)47-41-45-59(3)43-39-40-44-60(4)46-42-48-62(6)52-54-68-64(8)56-66(58-72(68,11)12)76-70(74)50-38-36-34-32-30-28-26-24-22-20-18-16-14-2/h39-48,51-55,65-67H,13-38,49-50,56-58H2,1-12H3/t65-,66+,67-/m0/s1. The summed E-state index contributed by atoms with van der Waals surface area (Å²) in [6, 6.07) is 0. The summed E-state index contributed by atoms with van der Waals surface area (Å²) in [5.41, 5.74) is 8.64. The summed E-state index contributed by atoms with van der Waals surface area (Å²) >= 11 is 0. The molecule has 0 unspecified atom stereocenters. The quantitative estimate of drug-likeness (QED) is 0.0266. The molecule has 3 atom stereocenters. The lowest BCUT2D eigenvalue weighted by atomic mass is 9.67. The van der Waals surface area contributed by atoms with E-state index in [2.05, 4.69) is 174 Å². The van der Waals surface area contributed by atoms with E-state index < -0.39 is 0 Å². The van der Waals surface area contributed by atoms with Crippen LogP contribution < -0.4 is 0 Å². The molecule has 0 amide bonds. The minimum absolute atomic E-state index is 0.00519. The Kier molecular flexibility index (Phi) is 36.9. The molecule has 2 rings (SSSR count). The number of unbranched alkanes of at least 4 members (excludes halogenated alkanes) is 24. The van der Waals surface area contributed by atoms with Gasteiger partial charge in [-0.1, -0.05) is 314 Å². The first-order valence-electron chi connectivity index (χ1n) is 31.3. The van der Waals surface area contributed by atoms with Gasteiger partial charge in [0.05, 0.1) is 0 Å². The maximum absolute atomic E-state index is 12.8. The maximum Gasteiger partial charge on any atom is 0.306 e. The van der Waals surface area contributed by atoms with Crippen molar-refractivity contribution in [1.29, 1.82) is 0 Å². The molecule has 4 heteroatoms. The van der Waals surface area contributed by atoms with E-state index in [-0.39, 0.29) is 35.0 Å². The minimum Gasteiger partial charge on any atom is -0.462 e. The monoisotopic (exact) mass is 1040 g/mol. The molecule has 0 aromatic carbocycles. The van der Waals surface area contributed by atoms with E-state index in [1.165, 1.54) is 180 Å². The van der Waals surface area contributed by atoms with Gasteiger partial charge in [-0.25, -0.2) is 0 Å². The van der Waals surface area contributed by atoms with E-state index in [0.717, 1.165) is 44.9 Å². The van der Waals surface area contributed by atoms with Crippen molar-refractivity contribution in [2.45, 2.75) is 294 Å². The lowest BCUT2D eigenvalue weighted by Crippen LogP contribution is -2.34. The molecule has 4 nitrogen and oxygen atoms in total. The number of rotatable bonds is 40. The smallest absolute Gasteiger partial charge is 0.306 e. The van der Waals surface area contributed by atoms with Crippen LogP contribution in [-0.4, -0.2) is 24.1 Å². The molecule has 2 aliphatic carbocycles. The molecule has 0 bridgehead atoms. The lowest BCUT2D eigenvalue weighted by Gasteiger charge is -2.40. The zero-order valence-corrected chi connectivity index (χ0v) is 51.4. The SMILES string of the molecule is CCCCCCCCCCCCCCCC(=O)O[C@@H]1CC(C)=C(C=CC(C)=CC=CC(C)=CC=CC=C(C)C=CC=C(C)C=C[C@H]2C(C)=C[C@H](OC(=O)CCCCCCCCCCCCCCC)CC2(C)C)C(C)(C)C1. The molecule has 0 aromatic heterocycles. The number of carbonyl (C=O) groups is 2. The van der Waals surface area contributed by atoms with E-state index in [9.17, 15) is 9.59 Å². The van der Waals surface area contributed by atoms with E-state index in [1.54, 1.807) is 0 Å². The average Bonchev–Trinajstić information content (AvgIpc) is 3.34. The Hall–Kier alpha value is -3.92. The summed E-state index contributed by atoms with van der Waals surface area (Å²) in [5.74, 6) is 0.224. The van der Waals surface area contributed by atoms with Crippen LogP contribution >= 0.6 is 0 Å². The molecule has 0 aromatic rings. The summed E-state index contributed by atoms with van der Waals surface area (Å²) in [7, 11) is 0. The van der Waals surface area contributed by atoms with Gasteiger partial charge in [0, 0.05) is 25.2 Å². The summed E-state index contributed by atoms with van der Waals surface area (Å²) in [6.45, 7) is 26.6. The highest BCUT2D eigenvalue weighted by atomic mass is 16.5. The summed E-state index contributed by atoms with van der Waals surface area (Å²) in [5, 5.41) is 0. The van der Waals surface area contributed by atoms with Gasteiger partial charge in [0.2, 0.25) is 0 Å². The Bertz CT molecular complexity index is 1980. The first-order valence-corrected chi connectivity index (χ1v) is 31.3. The molecule has 2 aliphatic rings. The van der Waals surface area contributed by atoms with Crippen LogP contribution in [0.1, 0.15) is 282 Å². The zero-order chi connectivity index (χ0) is 55.9. The van der Waals surface area contributed by atoms with E-state index in [1.807, 2.05) is 0 Å². The highest BCUT2D eigenvalue weighted by Crippen LogP contribution is 2.44. The third-order valence-electron chi connectivity index (χ3n) is 15.8. The fraction of sp³-hybridized carbons (Fsp3) is 0.667. The highest BCUT2D eigenvalue weighted by molar-refractivity contribution is 5.70. The van der Waals surface area contributed by atoms with Crippen LogP contribution in [0.15, 0.2) is 130 Å². The molecule has 0 heterocycles. The molecule has 0 saturated heterocycles. The molecule has 0 spiro atoms. The largest absolute Gasteiger partial charge is 0.462 e. The number of carbonyl (C=O) groups excluding carboxylic acids is 2. The minimum atomic E-state index is -0.143. The second-order valence-corrected chi connectivity index (χ2v) is 24.6. The Morgan fingerprint density at radius 1 is 0.500 bits per heavy atom. The molecule has 0 aliphatic heterocycles. The van der Waals surface area contributed by atoms with Crippen LogP contribution in [0.3, 0.4) is 0 Å². The molecule has 428 valence electrons. The van der Waals surface area contributed by atoms with Gasteiger partial charge in [-0.15, -0.1) is 0 Å². The summed E-state index contributed by atoms with van der Waals surface area (Å²) < 4.78 is 12.0. The van der Waals surface area contributed by atoms with Crippen molar-refractivity contribution >= 4 is 11.9 Å². The van der Waals surface area contributed by atoms with Crippen LogP contribution in [0, 0.1) is 16.7 Å². The zero-order valence-electron chi connectivity index (χ0n) is 51.4. The number of ether oxygens (including phenoxy) is 2. The number of esters is 2. The van der Waals surface area contributed by atoms with Crippen LogP contribution in [0.2, 0.25) is 0 Å². The van der Waals surface area contributed by atoms with Crippen molar-refractivity contribution in [2.24, 2.45) is 16.7 Å².